The second-order valence-electron chi connectivity index (χ2n) is 18.8. The van der Waals surface area contributed by atoms with Crippen molar-refractivity contribution in [3.05, 3.63) is 161 Å². The van der Waals surface area contributed by atoms with E-state index >= 15 is 0 Å². The highest BCUT2D eigenvalue weighted by atomic mass is 31.2. The SMILES string of the molecule is COc1ccc(C(OC[C@H]2O[C@@H](n3cc(C)c(=O)[nH]c3=O)C[C@@H]2NP(C)(=O)OC[C@H]2O[C@@H](n3cc(C)c(=O)[nH]c3=O)C[C@@H]2O[Si](C)(C)C(C)(C)C)(c2ccccc2)c2ccc(OC)cc2)cc1. The summed E-state index contributed by atoms with van der Waals surface area (Å²) in [6, 6.07) is 24.2. The van der Waals surface area contributed by atoms with E-state index in [2.05, 4.69) is 48.9 Å². The largest absolute Gasteiger partial charge is 0.497 e. The van der Waals surface area contributed by atoms with Gasteiger partial charge in [-0.3, -0.25) is 33.3 Å². The van der Waals surface area contributed by atoms with Gasteiger partial charge in [0, 0.05) is 49.1 Å². The second-order valence-corrected chi connectivity index (χ2v) is 25.8. The second kappa shape index (κ2) is 19.8. The summed E-state index contributed by atoms with van der Waals surface area (Å²) in [6.45, 7) is 15.0. The van der Waals surface area contributed by atoms with Gasteiger partial charge < -0.3 is 32.6 Å². The van der Waals surface area contributed by atoms with Gasteiger partial charge in [-0.2, -0.15) is 0 Å². The molecule has 19 heteroatoms. The van der Waals surface area contributed by atoms with E-state index in [1.807, 2.05) is 78.9 Å². The molecule has 4 heterocycles. The Morgan fingerprint density at radius 1 is 0.716 bits per heavy atom. The molecule has 0 spiro atoms. The fourth-order valence-electron chi connectivity index (χ4n) is 8.33. The number of methoxy groups -OCH3 is 2. The van der Waals surface area contributed by atoms with Crippen molar-refractivity contribution in [3.8, 4) is 11.5 Å². The number of nitrogens with one attached hydrogen (secondary N) is 3. The number of aromatic amines is 2. The molecule has 2 aliphatic heterocycles. The van der Waals surface area contributed by atoms with Crippen molar-refractivity contribution in [2.75, 3.05) is 34.1 Å². The molecule has 2 aromatic heterocycles. The number of H-pyrrole nitrogens is 2. The smallest absolute Gasteiger partial charge is 0.330 e. The lowest BCUT2D eigenvalue weighted by Gasteiger charge is -2.39. The number of hydrogen-bond acceptors (Lipinski definition) is 12. The fourth-order valence-corrected chi connectivity index (χ4v) is 11.1. The molecule has 67 heavy (non-hydrogen) atoms. The number of aryl methyl sites for hydroxylation is 2. The van der Waals surface area contributed by atoms with Crippen LogP contribution in [0.25, 0.3) is 0 Å². The van der Waals surface area contributed by atoms with E-state index in [0.717, 1.165) is 16.7 Å². The van der Waals surface area contributed by atoms with E-state index in [4.69, 9.17) is 32.6 Å². The minimum Gasteiger partial charge on any atom is -0.497 e. The van der Waals surface area contributed by atoms with Crippen molar-refractivity contribution in [2.24, 2.45) is 0 Å². The zero-order valence-electron chi connectivity index (χ0n) is 39.7. The van der Waals surface area contributed by atoms with Gasteiger partial charge in [-0.1, -0.05) is 75.4 Å². The zero-order chi connectivity index (χ0) is 48.5. The average Bonchev–Trinajstić information content (AvgIpc) is 3.88. The molecular weight excluding hydrogens is 898 g/mol. The molecule has 0 amide bonds. The summed E-state index contributed by atoms with van der Waals surface area (Å²) in [4.78, 5) is 55.7. The van der Waals surface area contributed by atoms with E-state index in [9.17, 15) is 23.7 Å². The first kappa shape index (κ1) is 49.7. The standard InChI is InChI=1S/C48H62N5O12PSi/c1-30-26-52(45(56)49-43(30)54)41-24-37(51-66(8,58)62-29-40-38(65-67(9,10)47(3,4)5)25-42(64-40)53-27-31(2)44(55)50-46(53)57)39(63-41)28-61-48(32-14-12-11-13-15-32,33-16-20-35(59-6)21-17-33)34-18-22-36(60-7)23-19-34/h11-23,26-27,37-42H,24-25,28-29H2,1-10H3,(H,51,58)(H,49,54,56)(H,50,55,57)/t37-,38-,39+,40+,41+,42+,66?/m0/s1. The molecule has 0 radical (unpaired) electrons. The van der Waals surface area contributed by atoms with Gasteiger partial charge in [-0.15, -0.1) is 0 Å². The first-order valence-electron chi connectivity index (χ1n) is 22.3. The minimum atomic E-state index is -3.76. The Bertz CT molecular complexity index is 2760. The minimum absolute atomic E-state index is 0.0820. The van der Waals surface area contributed by atoms with Crippen LogP contribution in [-0.4, -0.2) is 85.9 Å². The topological polar surface area (TPSA) is 203 Å². The molecule has 17 nitrogen and oxygen atoms in total. The monoisotopic (exact) mass is 959 g/mol. The molecule has 3 aromatic carbocycles. The van der Waals surface area contributed by atoms with Gasteiger partial charge in [-0.05, 0) is 72.9 Å². The summed E-state index contributed by atoms with van der Waals surface area (Å²) >= 11 is 0. The van der Waals surface area contributed by atoms with Crippen LogP contribution >= 0.6 is 7.52 Å². The number of nitrogens with zero attached hydrogens (tertiary/aromatic N) is 2. The first-order valence-corrected chi connectivity index (χ1v) is 27.2. The summed E-state index contributed by atoms with van der Waals surface area (Å²) in [5.41, 5.74) is -0.486. The van der Waals surface area contributed by atoms with E-state index < -0.39 is 80.7 Å². The Balaban J connectivity index is 1.21. The summed E-state index contributed by atoms with van der Waals surface area (Å²) in [5.74, 6) is 1.31. The predicted octanol–water partition coefficient (Wildman–Crippen LogP) is 6.49. The van der Waals surface area contributed by atoms with Gasteiger partial charge >= 0.3 is 11.4 Å². The number of hydrogen-bond donors (Lipinski definition) is 3. The molecule has 2 saturated heterocycles. The maximum atomic E-state index is 14.8. The van der Waals surface area contributed by atoms with Crippen LogP contribution in [0.2, 0.25) is 18.1 Å². The molecule has 360 valence electrons. The van der Waals surface area contributed by atoms with E-state index in [-0.39, 0.29) is 31.1 Å². The van der Waals surface area contributed by atoms with Crippen LogP contribution in [0.5, 0.6) is 11.5 Å². The van der Waals surface area contributed by atoms with Crippen LogP contribution in [0.3, 0.4) is 0 Å². The van der Waals surface area contributed by atoms with Gasteiger partial charge in [-0.25, -0.2) is 14.7 Å². The number of ether oxygens (including phenoxy) is 5. The van der Waals surface area contributed by atoms with Crippen molar-refractivity contribution >= 4 is 15.8 Å². The van der Waals surface area contributed by atoms with Crippen LogP contribution in [-0.2, 0) is 33.3 Å². The molecule has 2 aliphatic rings. The summed E-state index contributed by atoms with van der Waals surface area (Å²) < 4.78 is 62.0. The predicted molar refractivity (Wildman–Crippen MR) is 256 cm³/mol. The molecule has 0 aliphatic carbocycles. The molecule has 0 saturated carbocycles. The maximum Gasteiger partial charge on any atom is 0.330 e. The quantitative estimate of drug-likeness (QED) is 0.0519. The Hall–Kier alpha value is -5.17. The highest BCUT2D eigenvalue weighted by molar-refractivity contribution is 7.56. The van der Waals surface area contributed by atoms with E-state index in [1.165, 1.54) is 28.2 Å². The van der Waals surface area contributed by atoms with Gasteiger partial charge in [0.1, 0.15) is 35.7 Å². The number of benzene rings is 3. The summed E-state index contributed by atoms with van der Waals surface area (Å²) in [6.07, 6.45) is -0.480. The molecule has 3 N–H and O–H groups in total. The van der Waals surface area contributed by atoms with Crippen LogP contribution in [0.4, 0.5) is 0 Å². The Kier molecular flexibility index (Phi) is 14.7. The number of aromatic nitrogens is 4. The third kappa shape index (κ3) is 10.8. The van der Waals surface area contributed by atoms with Crippen molar-refractivity contribution < 1.29 is 37.2 Å². The normalized spacial score (nSPS) is 22.1. The Labute approximate surface area is 390 Å². The lowest BCUT2D eigenvalue weighted by atomic mass is 9.80. The van der Waals surface area contributed by atoms with Crippen molar-refractivity contribution in [1.82, 2.24) is 24.2 Å². The van der Waals surface area contributed by atoms with Gasteiger partial charge in [0.15, 0.2) is 8.32 Å². The van der Waals surface area contributed by atoms with Gasteiger partial charge in [0.25, 0.3) is 18.6 Å². The van der Waals surface area contributed by atoms with Crippen molar-refractivity contribution in [1.29, 1.82) is 0 Å². The summed E-state index contributed by atoms with van der Waals surface area (Å²) in [5, 5.41) is 3.08. The fraction of sp³-hybridized carbons (Fsp3) is 0.458. The molecule has 2 fully saturated rings. The van der Waals surface area contributed by atoms with Crippen LogP contribution in [0.1, 0.15) is 73.9 Å². The average molecular weight is 960 g/mol. The van der Waals surface area contributed by atoms with E-state index in [0.29, 0.717) is 22.6 Å². The van der Waals surface area contributed by atoms with Crippen molar-refractivity contribution in [3.63, 3.8) is 0 Å². The first-order chi connectivity index (χ1) is 31.6. The molecule has 7 atom stereocenters. The molecular formula is C48H62N5O12PSi. The Morgan fingerprint density at radius 2 is 1.19 bits per heavy atom. The van der Waals surface area contributed by atoms with Gasteiger partial charge in [0.2, 0.25) is 0 Å². The lowest BCUT2D eigenvalue weighted by molar-refractivity contribution is -0.0806. The molecule has 7 rings (SSSR count). The Morgan fingerprint density at radius 3 is 1.69 bits per heavy atom. The molecule has 0 bridgehead atoms. The highest BCUT2D eigenvalue weighted by Crippen LogP contribution is 2.47. The summed E-state index contributed by atoms with van der Waals surface area (Å²) in [7, 11) is -2.97. The van der Waals surface area contributed by atoms with Crippen LogP contribution in [0.15, 0.2) is 110 Å². The third-order valence-electron chi connectivity index (χ3n) is 13.1. The molecule has 5 aromatic rings. The van der Waals surface area contributed by atoms with Crippen molar-refractivity contribution in [2.45, 2.75) is 108 Å². The van der Waals surface area contributed by atoms with Crippen LogP contribution < -0.4 is 37.1 Å². The maximum absolute atomic E-state index is 14.8. The van der Waals surface area contributed by atoms with Crippen LogP contribution in [0, 0.1) is 13.8 Å². The zero-order valence-corrected chi connectivity index (χ0v) is 41.6. The third-order valence-corrected chi connectivity index (χ3v) is 19.1. The lowest BCUT2D eigenvalue weighted by Crippen LogP contribution is -2.46. The highest BCUT2D eigenvalue weighted by Gasteiger charge is 2.47. The molecule has 1 unspecified atom stereocenters. The number of rotatable bonds is 17. The van der Waals surface area contributed by atoms with Gasteiger partial charge in [0.05, 0.1) is 39.6 Å². The van der Waals surface area contributed by atoms with E-state index in [1.54, 1.807) is 28.1 Å².